The molecule has 0 spiro atoms. The summed E-state index contributed by atoms with van der Waals surface area (Å²) in [5.74, 6) is -0.389. The standard InChI is InChI=1S/C17H12Cl3FN4O/c1-25-7-6-22-16(25)14(9-2-4-10(21)5-3-9)24-17(26)15-13(20)12(19)11(18)8-23-15/h2-8,14H,1H3,(H,24,26). The topological polar surface area (TPSA) is 59.8 Å². The fraction of sp³-hybridized carbons (Fsp3) is 0.118. The second-order valence-corrected chi connectivity index (χ2v) is 6.60. The van der Waals surface area contributed by atoms with Gasteiger partial charge in [0.1, 0.15) is 23.4 Å². The average Bonchev–Trinajstić information content (AvgIpc) is 3.04. The second kappa shape index (κ2) is 7.61. The molecular weight excluding hydrogens is 402 g/mol. The van der Waals surface area contributed by atoms with Gasteiger partial charge in [0.15, 0.2) is 0 Å². The van der Waals surface area contributed by atoms with Crippen LogP contribution in [0.5, 0.6) is 0 Å². The smallest absolute Gasteiger partial charge is 0.272 e. The van der Waals surface area contributed by atoms with E-state index >= 15 is 0 Å². The maximum atomic E-state index is 13.3. The number of amides is 1. The molecule has 1 atom stereocenters. The Morgan fingerprint density at radius 2 is 1.85 bits per heavy atom. The molecule has 1 unspecified atom stereocenters. The van der Waals surface area contributed by atoms with Crippen LogP contribution in [0.1, 0.15) is 27.9 Å². The minimum atomic E-state index is -0.643. The van der Waals surface area contributed by atoms with E-state index in [1.807, 2.05) is 0 Å². The zero-order valence-electron chi connectivity index (χ0n) is 13.4. The van der Waals surface area contributed by atoms with Crippen molar-refractivity contribution in [3.05, 3.63) is 80.8 Å². The van der Waals surface area contributed by atoms with E-state index in [4.69, 9.17) is 34.8 Å². The SMILES string of the molecule is Cn1ccnc1C(NC(=O)c1ncc(Cl)c(Cl)c1Cl)c1ccc(F)cc1. The van der Waals surface area contributed by atoms with Crippen molar-refractivity contribution in [3.63, 3.8) is 0 Å². The lowest BCUT2D eigenvalue weighted by Crippen LogP contribution is -2.32. The van der Waals surface area contributed by atoms with Gasteiger partial charge in [-0.3, -0.25) is 4.79 Å². The molecule has 1 aromatic carbocycles. The number of aryl methyl sites for hydroxylation is 1. The number of hydrogen-bond donors (Lipinski definition) is 1. The highest BCUT2D eigenvalue weighted by Crippen LogP contribution is 2.31. The van der Waals surface area contributed by atoms with Crippen molar-refractivity contribution in [3.8, 4) is 0 Å². The first-order chi connectivity index (χ1) is 12.4. The van der Waals surface area contributed by atoms with E-state index in [-0.39, 0.29) is 26.6 Å². The van der Waals surface area contributed by atoms with Gasteiger partial charge in [0.05, 0.1) is 15.1 Å². The van der Waals surface area contributed by atoms with Crippen LogP contribution in [0, 0.1) is 5.82 Å². The molecule has 0 aliphatic heterocycles. The van der Waals surface area contributed by atoms with Gasteiger partial charge in [-0.2, -0.15) is 0 Å². The van der Waals surface area contributed by atoms with E-state index in [9.17, 15) is 9.18 Å². The van der Waals surface area contributed by atoms with Gasteiger partial charge in [0.25, 0.3) is 5.91 Å². The summed E-state index contributed by atoms with van der Waals surface area (Å²) in [5, 5.41) is 2.95. The van der Waals surface area contributed by atoms with E-state index in [1.54, 1.807) is 36.1 Å². The summed E-state index contributed by atoms with van der Waals surface area (Å²) < 4.78 is 15.0. The van der Waals surface area contributed by atoms with Crippen LogP contribution in [0.3, 0.4) is 0 Å². The van der Waals surface area contributed by atoms with Gasteiger partial charge in [0, 0.05) is 25.6 Å². The molecule has 2 heterocycles. The molecular formula is C17H12Cl3FN4O. The molecule has 26 heavy (non-hydrogen) atoms. The predicted molar refractivity (Wildman–Crippen MR) is 98.2 cm³/mol. The summed E-state index contributed by atoms with van der Waals surface area (Å²) in [4.78, 5) is 20.9. The first-order valence-electron chi connectivity index (χ1n) is 7.41. The average molecular weight is 414 g/mol. The van der Waals surface area contributed by atoms with Crippen molar-refractivity contribution in [2.75, 3.05) is 0 Å². The lowest BCUT2D eigenvalue weighted by Gasteiger charge is -2.19. The van der Waals surface area contributed by atoms with Gasteiger partial charge in [-0.25, -0.2) is 14.4 Å². The summed E-state index contributed by atoms with van der Waals surface area (Å²) in [6.07, 6.45) is 4.59. The summed E-state index contributed by atoms with van der Waals surface area (Å²) in [6.45, 7) is 0. The predicted octanol–water partition coefficient (Wildman–Crippen LogP) is 4.43. The van der Waals surface area contributed by atoms with Crippen molar-refractivity contribution in [2.24, 2.45) is 7.05 Å². The second-order valence-electron chi connectivity index (χ2n) is 5.44. The minimum absolute atomic E-state index is 0.0452. The number of imidazole rings is 1. The van der Waals surface area contributed by atoms with Crippen LogP contribution < -0.4 is 5.32 Å². The Hall–Kier alpha value is -2.15. The molecule has 9 heteroatoms. The molecule has 3 rings (SSSR count). The van der Waals surface area contributed by atoms with Gasteiger partial charge in [-0.1, -0.05) is 46.9 Å². The minimum Gasteiger partial charge on any atom is -0.337 e. The molecule has 134 valence electrons. The Morgan fingerprint density at radius 3 is 2.46 bits per heavy atom. The number of hydrogen-bond acceptors (Lipinski definition) is 3. The third kappa shape index (κ3) is 3.67. The summed E-state index contributed by atoms with van der Waals surface area (Å²) >= 11 is 17.9. The highest BCUT2D eigenvalue weighted by molar-refractivity contribution is 6.48. The molecule has 0 bridgehead atoms. The third-order valence-corrected chi connectivity index (χ3v) is 4.97. The summed E-state index contributed by atoms with van der Waals surface area (Å²) in [7, 11) is 1.79. The molecule has 0 saturated carbocycles. The van der Waals surface area contributed by atoms with Gasteiger partial charge >= 0.3 is 0 Å². The van der Waals surface area contributed by atoms with E-state index < -0.39 is 11.9 Å². The zero-order chi connectivity index (χ0) is 18.8. The van der Waals surface area contributed by atoms with E-state index in [2.05, 4.69) is 15.3 Å². The number of carbonyl (C=O) groups excluding carboxylic acids is 1. The van der Waals surface area contributed by atoms with Crippen LogP contribution >= 0.6 is 34.8 Å². The fourth-order valence-electron chi connectivity index (χ4n) is 2.41. The molecule has 0 aliphatic rings. The highest BCUT2D eigenvalue weighted by atomic mass is 35.5. The van der Waals surface area contributed by atoms with Crippen LogP contribution in [-0.2, 0) is 7.05 Å². The summed E-state index contributed by atoms with van der Waals surface area (Å²) in [5.41, 5.74) is 0.577. The van der Waals surface area contributed by atoms with E-state index in [1.165, 1.54) is 18.3 Å². The number of rotatable bonds is 4. The number of aromatic nitrogens is 3. The zero-order valence-corrected chi connectivity index (χ0v) is 15.6. The summed E-state index contributed by atoms with van der Waals surface area (Å²) in [6, 6.07) is 5.11. The first-order valence-corrected chi connectivity index (χ1v) is 8.55. The normalized spacial score (nSPS) is 12.0. The van der Waals surface area contributed by atoms with Crippen LogP contribution in [-0.4, -0.2) is 20.4 Å². The highest BCUT2D eigenvalue weighted by Gasteiger charge is 2.24. The number of nitrogens with zero attached hydrogens (tertiary/aromatic N) is 3. The van der Waals surface area contributed by atoms with Crippen molar-refractivity contribution in [1.29, 1.82) is 0 Å². The van der Waals surface area contributed by atoms with Crippen LogP contribution in [0.4, 0.5) is 4.39 Å². The van der Waals surface area contributed by atoms with Crippen molar-refractivity contribution in [1.82, 2.24) is 19.9 Å². The Kier molecular flexibility index (Phi) is 5.46. The Morgan fingerprint density at radius 1 is 1.15 bits per heavy atom. The van der Waals surface area contributed by atoms with Gasteiger partial charge in [-0.15, -0.1) is 0 Å². The van der Waals surface area contributed by atoms with Crippen LogP contribution in [0.25, 0.3) is 0 Å². The quantitative estimate of drug-likeness (QED) is 0.688. The number of benzene rings is 1. The monoisotopic (exact) mass is 412 g/mol. The number of pyridine rings is 1. The number of nitrogens with one attached hydrogen (secondary N) is 1. The molecule has 0 saturated heterocycles. The molecule has 0 aliphatic carbocycles. The van der Waals surface area contributed by atoms with Crippen LogP contribution in [0.15, 0.2) is 42.9 Å². The maximum Gasteiger partial charge on any atom is 0.272 e. The van der Waals surface area contributed by atoms with Crippen molar-refractivity contribution >= 4 is 40.7 Å². The number of carbonyl (C=O) groups is 1. The lowest BCUT2D eigenvalue weighted by atomic mass is 10.1. The van der Waals surface area contributed by atoms with E-state index in [0.29, 0.717) is 11.4 Å². The molecule has 0 radical (unpaired) electrons. The maximum absolute atomic E-state index is 13.3. The molecule has 1 N–H and O–H groups in total. The molecule has 1 amide bonds. The van der Waals surface area contributed by atoms with Gasteiger partial charge < -0.3 is 9.88 Å². The Labute approximate surface area is 163 Å². The van der Waals surface area contributed by atoms with Crippen LogP contribution in [0.2, 0.25) is 15.1 Å². The van der Waals surface area contributed by atoms with Crippen molar-refractivity contribution < 1.29 is 9.18 Å². The molecule has 5 nitrogen and oxygen atoms in total. The van der Waals surface area contributed by atoms with Gasteiger partial charge in [0.2, 0.25) is 0 Å². The number of halogens is 4. The van der Waals surface area contributed by atoms with Crippen molar-refractivity contribution in [2.45, 2.75) is 6.04 Å². The van der Waals surface area contributed by atoms with E-state index in [0.717, 1.165) is 0 Å². The molecule has 0 fully saturated rings. The first kappa shape index (κ1) is 18.6. The van der Waals surface area contributed by atoms with Gasteiger partial charge in [-0.05, 0) is 17.7 Å². The Bertz CT molecular complexity index is 959. The molecule has 3 aromatic rings. The largest absolute Gasteiger partial charge is 0.337 e. The Balaban J connectivity index is 1.99. The lowest BCUT2D eigenvalue weighted by molar-refractivity contribution is 0.0936. The third-order valence-electron chi connectivity index (χ3n) is 3.73. The molecule has 2 aromatic heterocycles. The fourth-order valence-corrected chi connectivity index (χ4v) is 2.97.